The molecule has 0 atom stereocenters. The molecule has 0 aliphatic heterocycles. The van der Waals surface area contributed by atoms with Gasteiger partial charge in [-0.3, -0.25) is 4.79 Å². The van der Waals surface area contributed by atoms with Crippen molar-refractivity contribution in [1.82, 2.24) is 20.1 Å². The lowest BCUT2D eigenvalue weighted by molar-refractivity contribution is 0.0963. The van der Waals surface area contributed by atoms with Crippen molar-refractivity contribution in [3.63, 3.8) is 0 Å². The molecule has 1 heterocycles. The Morgan fingerprint density at radius 3 is 2.94 bits per heavy atom. The number of carbonyl (C=O) groups is 1. The Hall–Kier alpha value is -2.37. The van der Waals surface area contributed by atoms with Crippen LogP contribution in [0.15, 0.2) is 30.9 Å². The number of hydrogen-bond donors (Lipinski definition) is 2. The van der Waals surface area contributed by atoms with Gasteiger partial charge in [0.05, 0.1) is 11.4 Å². The number of nitrogen functional groups attached to an aromatic ring is 1. The maximum atomic E-state index is 11.4. The van der Waals surface area contributed by atoms with Crippen molar-refractivity contribution >= 4 is 11.6 Å². The summed E-state index contributed by atoms with van der Waals surface area (Å²) in [5, 5.41) is 6.52. The van der Waals surface area contributed by atoms with Crippen molar-refractivity contribution in [2.75, 3.05) is 12.8 Å². The van der Waals surface area contributed by atoms with Gasteiger partial charge in [-0.25, -0.2) is 9.67 Å². The number of aromatic nitrogens is 3. The third-order valence-corrected chi connectivity index (χ3v) is 2.19. The zero-order valence-electron chi connectivity index (χ0n) is 8.71. The highest BCUT2D eigenvalue weighted by Gasteiger charge is 2.08. The summed E-state index contributed by atoms with van der Waals surface area (Å²) in [7, 11) is 1.58. The Labute approximate surface area is 92.1 Å². The SMILES string of the molecule is CNC(=O)c1ccc(N)c(-n2cncn2)c1. The van der Waals surface area contributed by atoms with Gasteiger partial charge < -0.3 is 11.1 Å². The molecule has 6 heteroatoms. The number of benzene rings is 1. The number of hydrogen-bond acceptors (Lipinski definition) is 4. The number of anilines is 1. The van der Waals surface area contributed by atoms with E-state index in [0.717, 1.165) is 0 Å². The fourth-order valence-electron chi connectivity index (χ4n) is 1.36. The van der Waals surface area contributed by atoms with Gasteiger partial charge in [0.15, 0.2) is 0 Å². The molecule has 0 spiro atoms. The molecule has 6 nitrogen and oxygen atoms in total. The Bertz CT molecular complexity index is 506. The van der Waals surface area contributed by atoms with Crippen LogP contribution in [0, 0.1) is 0 Å². The van der Waals surface area contributed by atoms with Crippen molar-refractivity contribution in [1.29, 1.82) is 0 Å². The van der Waals surface area contributed by atoms with Crippen molar-refractivity contribution in [2.24, 2.45) is 0 Å². The van der Waals surface area contributed by atoms with Gasteiger partial charge >= 0.3 is 0 Å². The first-order chi connectivity index (χ1) is 7.72. The molecule has 0 saturated carbocycles. The second-order valence-electron chi connectivity index (χ2n) is 3.19. The highest BCUT2D eigenvalue weighted by atomic mass is 16.1. The van der Waals surface area contributed by atoms with E-state index < -0.39 is 0 Å². The molecular weight excluding hydrogens is 206 g/mol. The van der Waals surface area contributed by atoms with Gasteiger partial charge in [0.2, 0.25) is 0 Å². The minimum atomic E-state index is -0.165. The van der Waals surface area contributed by atoms with Gasteiger partial charge in [0.1, 0.15) is 12.7 Å². The molecule has 82 valence electrons. The van der Waals surface area contributed by atoms with Gasteiger partial charge in [-0.2, -0.15) is 5.10 Å². The number of nitrogens with zero attached hydrogens (tertiary/aromatic N) is 3. The van der Waals surface area contributed by atoms with Crippen molar-refractivity contribution in [3.05, 3.63) is 36.4 Å². The average Bonchev–Trinajstić information content (AvgIpc) is 2.82. The Morgan fingerprint density at radius 1 is 1.50 bits per heavy atom. The van der Waals surface area contributed by atoms with Crippen molar-refractivity contribution in [3.8, 4) is 5.69 Å². The average molecular weight is 217 g/mol. The van der Waals surface area contributed by atoms with E-state index in [2.05, 4.69) is 15.4 Å². The van der Waals surface area contributed by atoms with Gasteiger partial charge in [-0.15, -0.1) is 0 Å². The van der Waals surface area contributed by atoms with Crippen molar-refractivity contribution < 1.29 is 4.79 Å². The van der Waals surface area contributed by atoms with Crippen LogP contribution < -0.4 is 11.1 Å². The van der Waals surface area contributed by atoms with E-state index in [0.29, 0.717) is 16.9 Å². The lowest BCUT2D eigenvalue weighted by Gasteiger charge is -2.07. The molecule has 0 aliphatic rings. The monoisotopic (exact) mass is 217 g/mol. The molecule has 16 heavy (non-hydrogen) atoms. The molecule has 2 rings (SSSR count). The number of nitrogens with one attached hydrogen (secondary N) is 1. The number of nitrogens with two attached hydrogens (primary N) is 1. The maximum Gasteiger partial charge on any atom is 0.251 e. The van der Waals surface area contributed by atoms with E-state index in [1.165, 1.54) is 17.3 Å². The van der Waals surface area contributed by atoms with Crippen molar-refractivity contribution in [2.45, 2.75) is 0 Å². The molecule has 0 radical (unpaired) electrons. The molecule has 0 aliphatic carbocycles. The van der Waals surface area contributed by atoms with Crippen LogP contribution in [0.2, 0.25) is 0 Å². The van der Waals surface area contributed by atoms with Crippen LogP contribution in [0.25, 0.3) is 5.69 Å². The van der Waals surface area contributed by atoms with Crippen LogP contribution >= 0.6 is 0 Å². The number of rotatable bonds is 2. The summed E-state index contributed by atoms with van der Waals surface area (Å²) in [5.41, 5.74) is 7.51. The summed E-state index contributed by atoms with van der Waals surface area (Å²) >= 11 is 0. The first-order valence-electron chi connectivity index (χ1n) is 4.69. The van der Waals surface area contributed by atoms with Crippen LogP contribution in [0.1, 0.15) is 10.4 Å². The molecule has 0 unspecified atom stereocenters. The Kier molecular flexibility index (Phi) is 2.55. The standard InChI is InChI=1S/C10H11N5O/c1-12-10(16)7-2-3-8(11)9(4-7)15-6-13-5-14-15/h2-6H,11H2,1H3,(H,12,16). The molecule has 0 bridgehead atoms. The Balaban J connectivity index is 2.49. The van der Waals surface area contributed by atoms with Gasteiger partial charge in [-0.05, 0) is 18.2 Å². The second-order valence-corrected chi connectivity index (χ2v) is 3.19. The lowest BCUT2D eigenvalue weighted by Crippen LogP contribution is -2.18. The summed E-state index contributed by atoms with van der Waals surface area (Å²) in [5.74, 6) is -0.165. The van der Waals surface area contributed by atoms with Gasteiger partial charge in [0.25, 0.3) is 5.91 Å². The predicted octanol–water partition coefficient (Wildman–Crippen LogP) is 0.209. The van der Waals surface area contributed by atoms with E-state index >= 15 is 0 Å². The Morgan fingerprint density at radius 2 is 2.31 bits per heavy atom. The van der Waals surface area contributed by atoms with Gasteiger partial charge in [0, 0.05) is 12.6 Å². The molecule has 0 fully saturated rings. The fraction of sp³-hybridized carbons (Fsp3) is 0.100. The summed E-state index contributed by atoms with van der Waals surface area (Å²) in [6.45, 7) is 0. The van der Waals surface area contributed by atoms with Gasteiger partial charge in [-0.1, -0.05) is 0 Å². The fourth-order valence-corrected chi connectivity index (χ4v) is 1.36. The molecular formula is C10H11N5O. The quantitative estimate of drug-likeness (QED) is 0.704. The molecule has 1 aromatic heterocycles. The first kappa shape index (κ1) is 10.2. The molecule has 1 amide bonds. The highest BCUT2D eigenvalue weighted by molar-refractivity contribution is 5.95. The van der Waals surface area contributed by atoms with Crippen LogP contribution in [-0.4, -0.2) is 27.7 Å². The second kappa shape index (κ2) is 4.01. The van der Waals surface area contributed by atoms with Crippen LogP contribution in [0.3, 0.4) is 0 Å². The predicted molar refractivity (Wildman–Crippen MR) is 59.2 cm³/mol. The third-order valence-electron chi connectivity index (χ3n) is 2.19. The van der Waals surface area contributed by atoms with Crippen LogP contribution in [0.5, 0.6) is 0 Å². The minimum absolute atomic E-state index is 0.165. The largest absolute Gasteiger partial charge is 0.397 e. The molecule has 3 N–H and O–H groups in total. The van der Waals surface area contributed by atoms with E-state index in [-0.39, 0.29) is 5.91 Å². The van der Waals surface area contributed by atoms with E-state index in [4.69, 9.17) is 5.73 Å². The maximum absolute atomic E-state index is 11.4. The number of amides is 1. The summed E-state index contributed by atoms with van der Waals surface area (Å²) in [6.07, 6.45) is 2.94. The zero-order chi connectivity index (χ0) is 11.5. The normalized spacial score (nSPS) is 10.1. The topological polar surface area (TPSA) is 85.8 Å². The molecule has 0 saturated heterocycles. The first-order valence-corrected chi connectivity index (χ1v) is 4.69. The lowest BCUT2D eigenvalue weighted by atomic mass is 10.1. The van der Waals surface area contributed by atoms with E-state index in [1.54, 1.807) is 25.2 Å². The summed E-state index contributed by atoms with van der Waals surface area (Å²) < 4.78 is 1.52. The number of carbonyl (C=O) groups excluding carboxylic acids is 1. The van der Waals surface area contributed by atoms with E-state index in [9.17, 15) is 4.79 Å². The van der Waals surface area contributed by atoms with E-state index in [1.807, 2.05) is 0 Å². The zero-order valence-corrected chi connectivity index (χ0v) is 8.71. The molecule has 1 aromatic carbocycles. The third kappa shape index (κ3) is 1.72. The van der Waals surface area contributed by atoms with Crippen LogP contribution in [-0.2, 0) is 0 Å². The summed E-state index contributed by atoms with van der Waals surface area (Å²) in [6, 6.07) is 5.00. The van der Waals surface area contributed by atoms with Crippen LogP contribution in [0.4, 0.5) is 5.69 Å². The highest BCUT2D eigenvalue weighted by Crippen LogP contribution is 2.17. The summed E-state index contributed by atoms with van der Waals surface area (Å²) in [4.78, 5) is 15.3. The molecule has 2 aromatic rings. The smallest absolute Gasteiger partial charge is 0.251 e. The minimum Gasteiger partial charge on any atom is -0.397 e.